The number of hydrogen-bond donors (Lipinski definition) is 3. The zero-order chi connectivity index (χ0) is 21.3. The van der Waals surface area contributed by atoms with Gasteiger partial charge in [0.25, 0.3) is 0 Å². The van der Waals surface area contributed by atoms with Crippen LogP contribution in [0.25, 0.3) is 21.3 Å². The van der Waals surface area contributed by atoms with Crippen LogP contribution in [0.1, 0.15) is 58.6 Å². The predicted molar refractivity (Wildman–Crippen MR) is 116 cm³/mol. The fraction of sp³-hybridized carbons (Fsp3) is 0.333. The SMILES string of the molecule is Nc1c(Cl)c(-c2cc3c(s2)C(N)CCC3)c(F)c2c1c(=O)c(C(=O)O)cn2C1CC1. The average Bonchev–Trinajstić information content (AvgIpc) is 3.45. The van der Waals surface area contributed by atoms with Crippen molar-refractivity contribution in [2.75, 3.05) is 5.73 Å². The van der Waals surface area contributed by atoms with E-state index in [1.165, 1.54) is 22.1 Å². The number of hydrogen-bond acceptors (Lipinski definition) is 5. The molecule has 1 unspecified atom stereocenters. The molecule has 2 aliphatic carbocycles. The number of aromatic nitrogens is 1. The Morgan fingerprint density at radius 2 is 2.07 bits per heavy atom. The number of pyridine rings is 1. The number of rotatable bonds is 3. The molecule has 1 atom stereocenters. The molecule has 0 radical (unpaired) electrons. The molecule has 2 aliphatic rings. The van der Waals surface area contributed by atoms with Crippen molar-refractivity contribution in [2.24, 2.45) is 5.73 Å². The molecule has 3 aromatic rings. The van der Waals surface area contributed by atoms with Crippen LogP contribution >= 0.6 is 22.9 Å². The number of aromatic carboxylic acids is 1. The maximum Gasteiger partial charge on any atom is 0.341 e. The first-order chi connectivity index (χ1) is 14.3. The molecule has 2 aromatic heterocycles. The molecule has 0 aliphatic heterocycles. The summed E-state index contributed by atoms with van der Waals surface area (Å²) >= 11 is 7.88. The summed E-state index contributed by atoms with van der Waals surface area (Å²) in [5, 5.41) is 9.19. The third kappa shape index (κ3) is 2.78. The van der Waals surface area contributed by atoms with E-state index >= 15 is 4.39 Å². The lowest BCUT2D eigenvalue weighted by Gasteiger charge is -2.17. The minimum Gasteiger partial charge on any atom is -0.477 e. The molecular weight excluding hydrogens is 429 g/mol. The lowest BCUT2D eigenvalue weighted by atomic mass is 9.95. The zero-order valence-electron chi connectivity index (χ0n) is 15.9. The third-order valence-electron chi connectivity index (χ3n) is 5.94. The average molecular weight is 448 g/mol. The Balaban J connectivity index is 1.86. The third-order valence-corrected chi connectivity index (χ3v) is 7.66. The number of thiophene rings is 1. The Kier molecular flexibility index (Phi) is 4.43. The number of nitrogens with two attached hydrogens (primary N) is 2. The number of fused-ring (bicyclic) bond motifs is 2. The lowest BCUT2D eigenvalue weighted by Crippen LogP contribution is -2.21. The largest absolute Gasteiger partial charge is 0.477 e. The summed E-state index contributed by atoms with van der Waals surface area (Å²) in [7, 11) is 0. The summed E-state index contributed by atoms with van der Waals surface area (Å²) < 4.78 is 17.5. The molecule has 0 bridgehead atoms. The Bertz CT molecular complexity index is 1300. The van der Waals surface area contributed by atoms with Crippen LogP contribution in [0.15, 0.2) is 17.1 Å². The van der Waals surface area contributed by atoms with Gasteiger partial charge in [0.1, 0.15) is 5.56 Å². The van der Waals surface area contributed by atoms with Gasteiger partial charge in [0, 0.05) is 28.0 Å². The molecule has 6 nitrogen and oxygen atoms in total. The van der Waals surface area contributed by atoms with Gasteiger partial charge in [-0.15, -0.1) is 11.3 Å². The van der Waals surface area contributed by atoms with Gasteiger partial charge in [0.15, 0.2) is 5.82 Å². The summed E-state index contributed by atoms with van der Waals surface area (Å²) in [5.41, 5.74) is 12.3. The monoisotopic (exact) mass is 447 g/mol. The van der Waals surface area contributed by atoms with Gasteiger partial charge in [-0.1, -0.05) is 11.6 Å². The van der Waals surface area contributed by atoms with Crippen molar-refractivity contribution in [3.63, 3.8) is 0 Å². The van der Waals surface area contributed by atoms with Crippen LogP contribution in [-0.2, 0) is 6.42 Å². The van der Waals surface area contributed by atoms with E-state index in [1.807, 2.05) is 6.07 Å². The topological polar surface area (TPSA) is 111 Å². The van der Waals surface area contributed by atoms with Crippen LogP contribution in [0.3, 0.4) is 0 Å². The van der Waals surface area contributed by atoms with Crippen LogP contribution < -0.4 is 16.9 Å². The number of nitrogen functional groups attached to an aromatic ring is 1. The highest BCUT2D eigenvalue weighted by Gasteiger charge is 2.32. The molecule has 5 rings (SSSR count). The highest BCUT2D eigenvalue weighted by Crippen LogP contribution is 2.47. The number of nitrogens with zero attached hydrogens (tertiary/aromatic N) is 1. The number of carbonyl (C=O) groups is 1. The fourth-order valence-electron chi connectivity index (χ4n) is 4.29. The van der Waals surface area contributed by atoms with Gasteiger partial charge in [0.05, 0.1) is 27.2 Å². The minimum atomic E-state index is -1.38. The van der Waals surface area contributed by atoms with Crippen molar-refractivity contribution >= 4 is 45.5 Å². The maximum atomic E-state index is 15.9. The summed E-state index contributed by atoms with van der Waals surface area (Å²) in [6, 6.07) is 1.74. The van der Waals surface area contributed by atoms with Gasteiger partial charge in [-0.2, -0.15) is 0 Å². The summed E-state index contributed by atoms with van der Waals surface area (Å²) in [6.07, 6.45) is 5.49. The maximum absolute atomic E-state index is 15.9. The highest BCUT2D eigenvalue weighted by atomic mass is 35.5. The molecule has 0 amide bonds. The normalized spacial score (nSPS) is 18.6. The molecule has 1 fully saturated rings. The first-order valence-electron chi connectivity index (χ1n) is 9.76. The summed E-state index contributed by atoms with van der Waals surface area (Å²) in [5.74, 6) is -2.03. The number of aryl methyl sites for hydroxylation is 1. The van der Waals surface area contributed by atoms with Crippen molar-refractivity contribution < 1.29 is 14.3 Å². The highest BCUT2D eigenvalue weighted by molar-refractivity contribution is 7.15. The molecule has 2 heterocycles. The molecule has 9 heteroatoms. The van der Waals surface area contributed by atoms with E-state index in [2.05, 4.69) is 0 Å². The van der Waals surface area contributed by atoms with E-state index in [9.17, 15) is 14.7 Å². The smallest absolute Gasteiger partial charge is 0.341 e. The quantitative estimate of drug-likeness (QED) is 0.513. The van der Waals surface area contributed by atoms with Crippen LogP contribution in [0.2, 0.25) is 5.02 Å². The van der Waals surface area contributed by atoms with E-state index in [4.69, 9.17) is 23.1 Å². The number of carboxylic acids is 1. The van der Waals surface area contributed by atoms with Crippen molar-refractivity contribution in [1.29, 1.82) is 0 Å². The molecule has 1 aromatic carbocycles. The van der Waals surface area contributed by atoms with E-state index in [0.717, 1.165) is 42.5 Å². The number of anilines is 1. The van der Waals surface area contributed by atoms with Crippen molar-refractivity contribution in [3.8, 4) is 10.4 Å². The van der Waals surface area contributed by atoms with Gasteiger partial charge >= 0.3 is 5.97 Å². The second-order valence-corrected chi connectivity index (χ2v) is 9.42. The molecule has 0 saturated heterocycles. The number of benzene rings is 1. The molecule has 156 valence electrons. The molecule has 1 saturated carbocycles. The lowest BCUT2D eigenvalue weighted by molar-refractivity contribution is 0.0695. The predicted octanol–water partition coefficient (Wildman–Crippen LogP) is 4.47. The Hall–Kier alpha value is -2.42. The van der Waals surface area contributed by atoms with Crippen LogP contribution in [-0.4, -0.2) is 15.6 Å². The summed E-state index contributed by atoms with van der Waals surface area (Å²) in [4.78, 5) is 26.0. The zero-order valence-corrected chi connectivity index (χ0v) is 17.4. The molecule has 5 N–H and O–H groups in total. The van der Waals surface area contributed by atoms with Crippen LogP contribution in [0.5, 0.6) is 0 Å². The molecule has 0 spiro atoms. The van der Waals surface area contributed by atoms with E-state index in [1.54, 1.807) is 0 Å². The first kappa shape index (κ1) is 19.5. The van der Waals surface area contributed by atoms with Crippen LogP contribution in [0.4, 0.5) is 10.1 Å². The van der Waals surface area contributed by atoms with Gasteiger partial charge < -0.3 is 21.1 Å². The first-order valence-corrected chi connectivity index (χ1v) is 11.0. The van der Waals surface area contributed by atoms with Gasteiger partial charge in [0.2, 0.25) is 5.43 Å². The number of halogens is 2. The fourth-order valence-corrected chi connectivity index (χ4v) is 5.92. The van der Waals surface area contributed by atoms with E-state index in [0.29, 0.717) is 4.88 Å². The van der Waals surface area contributed by atoms with Gasteiger partial charge in [-0.3, -0.25) is 4.79 Å². The van der Waals surface area contributed by atoms with Crippen molar-refractivity contribution in [2.45, 2.75) is 44.2 Å². The second-order valence-electron chi connectivity index (χ2n) is 7.95. The van der Waals surface area contributed by atoms with Crippen molar-refractivity contribution in [1.82, 2.24) is 4.57 Å². The molecular formula is C21H19ClFN3O3S. The Labute approximate surface area is 179 Å². The number of carboxylic acid groups (broad SMARTS) is 1. The Morgan fingerprint density at radius 1 is 1.33 bits per heavy atom. The van der Waals surface area contributed by atoms with E-state index < -0.39 is 22.8 Å². The van der Waals surface area contributed by atoms with Gasteiger partial charge in [-0.05, 0) is 43.7 Å². The summed E-state index contributed by atoms with van der Waals surface area (Å²) in [6.45, 7) is 0. The van der Waals surface area contributed by atoms with Crippen molar-refractivity contribution in [3.05, 3.63) is 49.3 Å². The second kappa shape index (κ2) is 6.80. The Morgan fingerprint density at radius 3 is 2.70 bits per heavy atom. The van der Waals surface area contributed by atoms with Gasteiger partial charge in [-0.25, -0.2) is 9.18 Å². The minimum absolute atomic E-state index is 0.0140. The van der Waals surface area contributed by atoms with Crippen LogP contribution in [0, 0.1) is 5.82 Å². The molecule has 30 heavy (non-hydrogen) atoms. The standard InChI is InChI=1S/C21H19ClFN3O3S/c22-15-13(12-6-8-2-1-3-11(24)20(8)30-12)16(23)18-14(17(15)25)19(27)10(21(28)29)7-26(18)9-4-5-9/h6-7,9,11H,1-5,24-25H2,(H,28,29). The van der Waals surface area contributed by atoms with E-state index in [-0.39, 0.29) is 39.3 Å².